The van der Waals surface area contributed by atoms with Crippen LogP contribution < -0.4 is 4.74 Å². The number of hydrogen-bond acceptors (Lipinski definition) is 3. The Morgan fingerprint density at radius 1 is 1.11 bits per heavy atom. The van der Waals surface area contributed by atoms with E-state index in [1.165, 1.54) is 5.56 Å². The number of nitrogens with zero attached hydrogens (tertiary/aromatic N) is 2. The van der Waals surface area contributed by atoms with Gasteiger partial charge in [0.05, 0.1) is 5.69 Å². The first-order chi connectivity index (χ1) is 8.60. The molecule has 0 amide bonds. The van der Waals surface area contributed by atoms with E-state index in [2.05, 4.69) is 11.1 Å². The summed E-state index contributed by atoms with van der Waals surface area (Å²) in [5, 5.41) is 9.14. The first-order valence-corrected chi connectivity index (χ1v) is 5.73. The molecule has 0 fully saturated rings. The summed E-state index contributed by atoms with van der Waals surface area (Å²) in [4.78, 5) is 4.26. The van der Waals surface area contributed by atoms with Crippen LogP contribution in [0.5, 0.6) is 11.5 Å². The molecule has 0 saturated heterocycles. The zero-order valence-electron chi connectivity index (χ0n) is 10.7. The maximum atomic E-state index is 9.14. The van der Waals surface area contributed by atoms with Crippen molar-refractivity contribution in [2.24, 2.45) is 0 Å². The maximum Gasteiger partial charge on any atom is 0.148 e. The van der Waals surface area contributed by atoms with E-state index >= 15 is 0 Å². The molecule has 0 bridgehead atoms. The number of ether oxygens (including phenoxy) is 1. The van der Waals surface area contributed by atoms with Crippen LogP contribution in [0.4, 0.5) is 0 Å². The lowest BCUT2D eigenvalue weighted by molar-refractivity contribution is 0.479. The van der Waals surface area contributed by atoms with Crippen molar-refractivity contribution < 1.29 is 4.74 Å². The molecule has 0 N–H and O–H groups in total. The molecule has 1 aromatic heterocycles. The van der Waals surface area contributed by atoms with Crippen molar-refractivity contribution in [2.45, 2.75) is 20.8 Å². The van der Waals surface area contributed by atoms with E-state index in [-0.39, 0.29) is 0 Å². The Labute approximate surface area is 107 Å². The number of aromatic nitrogens is 1. The minimum absolute atomic E-state index is 0.487. The van der Waals surface area contributed by atoms with Crippen LogP contribution in [0.1, 0.15) is 22.5 Å². The van der Waals surface area contributed by atoms with Gasteiger partial charge in [0.1, 0.15) is 23.1 Å². The fraction of sp³-hybridized carbons (Fsp3) is 0.200. The molecule has 0 unspecified atom stereocenters. The van der Waals surface area contributed by atoms with Crippen LogP contribution in [0.3, 0.4) is 0 Å². The molecule has 0 aliphatic rings. The van der Waals surface area contributed by atoms with E-state index in [1.54, 1.807) is 6.07 Å². The second-order valence-electron chi connectivity index (χ2n) is 4.25. The zero-order chi connectivity index (χ0) is 13.1. The van der Waals surface area contributed by atoms with Gasteiger partial charge < -0.3 is 4.74 Å². The van der Waals surface area contributed by atoms with Crippen molar-refractivity contribution in [3.8, 4) is 17.6 Å². The van der Waals surface area contributed by atoms with Gasteiger partial charge in [0.2, 0.25) is 0 Å². The normalized spacial score (nSPS) is 9.89. The van der Waals surface area contributed by atoms with Gasteiger partial charge in [-0.15, -0.1) is 0 Å². The summed E-state index contributed by atoms with van der Waals surface area (Å²) in [5.74, 6) is 1.29. The fourth-order valence-electron chi connectivity index (χ4n) is 1.74. The standard InChI is InChI=1S/C15H14N2O/c1-10-4-6-13(7-5-10)18-15-8-11(2)17-12(3)14(15)9-16/h4-8H,1-3H3. The Morgan fingerprint density at radius 3 is 2.39 bits per heavy atom. The lowest BCUT2D eigenvalue weighted by atomic mass is 10.2. The van der Waals surface area contributed by atoms with Crippen LogP contribution in [-0.4, -0.2) is 4.98 Å². The monoisotopic (exact) mass is 238 g/mol. The quantitative estimate of drug-likeness (QED) is 0.801. The third-order valence-electron chi connectivity index (χ3n) is 2.65. The van der Waals surface area contributed by atoms with E-state index in [1.807, 2.05) is 45.0 Å². The van der Waals surface area contributed by atoms with Gasteiger partial charge in [-0.3, -0.25) is 4.98 Å². The minimum Gasteiger partial charge on any atom is -0.456 e. The summed E-state index contributed by atoms with van der Waals surface area (Å²) in [6.07, 6.45) is 0. The highest BCUT2D eigenvalue weighted by atomic mass is 16.5. The van der Waals surface area contributed by atoms with Gasteiger partial charge in [0.15, 0.2) is 0 Å². The van der Waals surface area contributed by atoms with Gasteiger partial charge in [0.25, 0.3) is 0 Å². The number of pyridine rings is 1. The molecule has 0 radical (unpaired) electrons. The number of aryl methyl sites for hydroxylation is 3. The van der Waals surface area contributed by atoms with Gasteiger partial charge in [0, 0.05) is 11.8 Å². The van der Waals surface area contributed by atoms with Crippen molar-refractivity contribution >= 4 is 0 Å². The summed E-state index contributed by atoms with van der Waals surface area (Å²) in [7, 11) is 0. The molecule has 0 spiro atoms. The molecular formula is C15H14N2O. The maximum absolute atomic E-state index is 9.14. The van der Waals surface area contributed by atoms with E-state index in [4.69, 9.17) is 10.00 Å². The third kappa shape index (κ3) is 2.49. The Kier molecular flexibility index (Phi) is 3.29. The third-order valence-corrected chi connectivity index (χ3v) is 2.65. The van der Waals surface area contributed by atoms with Crippen molar-refractivity contribution in [2.75, 3.05) is 0 Å². The predicted molar refractivity (Wildman–Crippen MR) is 69.7 cm³/mol. The van der Waals surface area contributed by atoms with E-state index in [0.717, 1.165) is 11.4 Å². The molecule has 3 nitrogen and oxygen atoms in total. The van der Waals surface area contributed by atoms with Gasteiger partial charge in [-0.2, -0.15) is 5.26 Å². The van der Waals surface area contributed by atoms with Crippen LogP contribution in [-0.2, 0) is 0 Å². The predicted octanol–water partition coefficient (Wildman–Crippen LogP) is 3.67. The van der Waals surface area contributed by atoms with Crippen molar-refractivity contribution in [3.05, 3.63) is 52.8 Å². The molecule has 3 heteroatoms. The molecule has 0 aliphatic carbocycles. The summed E-state index contributed by atoms with van der Waals surface area (Å²) in [6.45, 7) is 5.72. The Bertz CT molecular complexity index is 610. The Morgan fingerprint density at radius 2 is 1.78 bits per heavy atom. The van der Waals surface area contributed by atoms with Crippen LogP contribution in [0, 0.1) is 32.1 Å². The van der Waals surface area contributed by atoms with Gasteiger partial charge >= 0.3 is 0 Å². The summed E-state index contributed by atoms with van der Waals surface area (Å²) >= 11 is 0. The van der Waals surface area contributed by atoms with Crippen molar-refractivity contribution in [1.29, 1.82) is 5.26 Å². The van der Waals surface area contributed by atoms with Crippen LogP contribution in [0.15, 0.2) is 30.3 Å². The number of hydrogen-bond donors (Lipinski definition) is 0. The second-order valence-corrected chi connectivity index (χ2v) is 4.25. The molecule has 2 aromatic rings. The number of rotatable bonds is 2. The highest BCUT2D eigenvalue weighted by molar-refractivity contribution is 5.48. The van der Waals surface area contributed by atoms with Crippen LogP contribution in [0.25, 0.3) is 0 Å². The minimum atomic E-state index is 0.487. The molecule has 1 aromatic carbocycles. The molecule has 2 rings (SSSR count). The summed E-state index contributed by atoms with van der Waals surface area (Å²) in [5.41, 5.74) is 3.19. The molecule has 0 aliphatic heterocycles. The van der Waals surface area contributed by atoms with E-state index < -0.39 is 0 Å². The number of benzene rings is 1. The van der Waals surface area contributed by atoms with E-state index in [9.17, 15) is 0 Å². The van der Waals surface area contributed by atoms with Gasteiger partial charge in [-0.25, -0.2) is 0 Å². The first kappa shape index (κ1) is 12.1. The molecule has 1 heterocycles. The zero-order valence-corrected chi connectivity index (χ0v) is 10.7. The van der Waals surface area contributed by atoms with Crippen LogP contribution in [0.2, 0.25) is 0 Å². The molecule has 0 atom stereocenters. The topological polar surface area (TPSA) is 45.9 Å². The fourth-order valence-corrected chi connectivity index (χ4v) is 1.74. The van der Waals surface area contributed by atoms with Crippen molar-refractivity contribution in [1.82, 2.24) is 4.98 Å². The number of nitriles is 1. The summed E-state index contributed by atoms with van der Waals surface area (Å²) in [6, 6.07) is 11.6. The average Bonchev–Trinajstić information content (AvgIpc) is 2.32. The lowest BCUT2D eigenvalue weighted by Crippen LogP contribution is -1.96. The first-order valence-electron chi connectivity index (χ1n) is 5.73. The van der Waals surface area contributed by atoms with Crippen LogP contribution >= 0.6 is 0 Å². The molecular weight excluding hydrogens is 224 g/mol. The molecule has 0 saturated carbocycles. The second kappa shape index (κ2) is 4.89. The van der Waals surface area contributed by atoms with E-state index in [0.29, 0.717) is 17.0 Å². The SMILES string of the molecule is Cc1ccc(Oc2cc(C)nc(C)c2C#N)cc1. The molecule has 90 valence electrons. The lowest BCUT2D eigenvalue weighted by Gasteiger charge is -2.10. The van der Waals surface area contributed by atoms with Gasteiger partial charge in [-0.05, 0) is 32.9 Å². The molecule has 18 heavy (non-hydrogen) atoms. The van der Waals surface area contributed by atoms with Gasteiger partial charge in [-0.1, -0.05) is 17.7 Å². The van der Waals surface area contributed by atoms with Crippen molar-refractivity contribution in [3.63, 3.8) is 0 Å². The smallest absolute Gasteiger partial charge is 0.148 e. The Hall–Kier alpha value is -2.34. The highest BCUT2D eigenvalue weighted by Crippen LogP contribution is 2.27. The summed E-state index contributed by atoms with van der Waals surface area (Å²) < 4.78 is 5.75. The largest absolute Gasteiger partial charge is 0.456 e. The Balaban J connectivity index is 2.40. The highest BCUT2D eigenvalue weighted by Gasteiger charge is 2.10. The average molecular weight is 238 g/mol.